The zero-order chi connectivity index (χ0) is 21.5. The minimum atomic E-state index is -1.89. The first-order valence-electron chi connectivity index (χ1n) is 9.85. The highest BCUT2D eigenvalue weighted by Gasteiger charge is 2.78. The van der Waals surface area contributed by atoms with E-state index in [0.717, 1.165) is 15.7 Å². The van der Waals surface area contributed by atoms with Crippen molar-refractivity contribution in [1.29, 1.82) is 0 Å². The number of aliphatic imine (C=N–C) groups is 1. The number of guanidine groups is 1. The van der Waals surface area contributed by atoms with Gasteiger partial charge >= 0.3 is 11.9 Å². The fourth-order valence-corrected chi connectivity index (χ4v) is 5.09. The van der Waals surface area contributed by atoms with Crippen LogP contribution < -0.4 is 21.1 Å². The van der Waals surface area contributed by atoms with E-state index in [1.54, 1.807) is 6.07 Å². The number of carbonyl (C=O) groups excluding carboxylic acids is 2. The Hall–Kier alpha value is -3.41. The van der Waals surface area contributed by atoms with Gasteiger partial charge in [0.05, 0.1) is 12.7 Å². The number of hydrogen-bond acceptors (Lipinski definition) is 8. The molecule has 160 valence electrons. The molecule has 6 rings (SSSR count). The summed E-state index contributed by atoms with van der Waals surface area (Å²) in [5.74, 6) is -2.33. The zero-order valence-electron chi connectivity index (χ0n) is 16.1. The number of benzene rings is 2. The lowest BCUT2D eigenvalue weighted by molar-refractivity contribution is -0.163. The monoisotopic (exact) mass is 425 g/mol. The molecule has 3 amide bonds. The van der Waals surface area contributed by atoms with Crippen LogP contribution >= 0.6 is 0 Å². The fourth-order valence-electron chi connectivity index (χ4n) is 5.09. The lowest BCUT2D eigenvalue weighted by atomic mass is 9.82. The number of nitrogens with one attached hydrogen (secondary N) is 2. The standard InChI is InChI=1S/C20H19N5O6/c21-17-22-16(28)19-15-10-4-2-1-3-9(10)5-6-12(15)31-20(19,23-17)25(18(29)24-19)14-7-11(27)13(8-26)30-14/h1-6,11,13-14,26-27H,7-8H2,(H,24,29)(H3,21,22,23,28)/t11-,13-,14-,19?,20?/m1/s1. The Labute approximate surface area is 175 Å². The van der Waals surface area contributed by atoms with Crippen LogP contribution in [0.1, 0.15) is 12.0 Å². The Balaban J connectivity index is 1.61. The van der Waals surface area contributed by atoms with Crippen molar-refractivity contribution in [2.45, 2.75) is 36.2 Å². The van der Waals surface area contributed by atoms with Crippen molar-refractivity contribution in [2.75, 3.05) is 6.61 Å². The van der Waals surface area contributed by atoms with Gasteiger partial charge < -0.3 is 30.7 Å². The molecule has 2 aromatic rings. The number of nitrogens with two attached hydrogens (primary N) is 1. The summed E-state index contributed by atoms with van der Waals surface area (Å²) >= 11 is 0. The Morgan fingerprint density at radius 2 is 2.06 bits per heavy atom. The van der Waals surface area contributed by atoms with Crippen LogP contribution in [0.15, 0.2) is 41.4 Å². The maximum atomic E-state index is 13.5. The molecule has 4 aliphatic heterocycles. The number of carbonyl (C=O) groups is 2. The van der Waals surface area contributed by atoms with Crippen LogP contribution in [0.25, 0.3) is 10.8 Å². The van der Waals surface area contributed by atoms with Crippen LogP contribution in [0.3, 0.4) is 0 Å². The summed E-state index contributed by atoms with van der Waals surface area (Å²) < 4.78 is 12.0. The maximum absolute atomic E-state index is 13.5. The Bertz CT molecular complexity index is 1190. The third kappa shape index (κ3) is 2.05. The molecule has 4 aliphatic rings. The highest BCUT2D eigenvalue weighted by molar-refractivity contribution is 6.11. The number of urea groups is 1. The first-order chi connectivity index (χ1) is 14.9. The van der Waals surface area contributed by atoms with Crippen LogP contribution in [0.2, 0.25) is 0 Å². The summed E-state index contributed by atoms with van der Waals surface area (Å²) in [6.45, 7) is -0.428. The van der Waals surface area contributed by atoms with Gasteiger partial charge in [0.2, 0.25) is 11.5 Å². The van der Waals surface area contributed by atoms with Crippen LogP contribution in [0.4, 0.5) is 4.79 Å². The van der Waals surface area contributed by atoms with E-state index in [2.05, 4.69) is 15.6 Å². The average molecular weight is 425 g/mol. The minimum absolute atomic E-state index is 0.00791. The van der Waals surface area contributed by atoms with Crippen molar-refractivity contribution in [3.05, 3.63) is 42.0 Å². The summed E-state index contributed by atoms with van der Waals surface area (Å²) in [5, 5.41) is 26.6. The van der Waals surface area contributed by atoms with Gasteiger partial charge in [-0.1, -0.05) is 30.3 Å². The second-order valence-corrected chi connectivity index (χ2v) is 7.99. The molecule has 6 N–H and O–H groups in total. The van der Waals surface area contributed by atoms with E-state index in [1.165, 1.54) is 0 Å². The van der Waals surface area contributed by atoms with E-state index in [-0.39, 0.29) is 12.4 Å². The van der Waals surface area contributed by atoms with E-state index in [1.807, 2.05) is 30.3 Å². The molecular weight excluding hydrogens is 406 g/mol. The molecule has 0 spiro atoms. The number of fused-ring (bicyclic) bond motifs is 3. The van der Waals surface area contributed by atoms with E-state index in [9.17, 15) is 19.8 Å². The normalized spacial score (nSPS) is 35.7. The molecule has 2 aromatic carbocycles. The molecular formula is C20H19N5O6. The molecule has 2 fully saturated rings. The molecule has 0 saturated carbocycles. The van der Waals surface area contributed by atoms with Gasteiger partial charge in [-0.05, 0) is 16.8 Å². The Morgan fingerprint density at radius 1 is 1.26 bits per heavy atom. The van der Waals surface area contributed by atoms with Crippen LogP contribution in [-0.4, -0.2) is 63.9 Å². The molecule has 0 aliphatic carbocycles. The first-order valence-corrected chi connectivity index (χ1v) is 9.85. The predicted octanol–water partition coefficient (Wildman–Crippen LogP) is -0.981. The number of aliphatic hydroxyl groups is 2. The molecule has 4 heterocycles. The molecule has 0 aromatic heterocycles. The Kier molecular flexibility index (Phi) is 3.46. The van der Waals surface area contributed by atoms with Crippen LogP contribution in [0, 0.1) is 0 Å². The third-order valence-electron chi connectivity index (χ3n) is 6.37. The molecule has 2 unspecified atom stereocenters. The van der Waals surface area contributed by atoms with Gasteiger partial charge in [-0.25, -0.2) is 9.69 Å². The van der Waals surface area contributed by atoms with E-state index >= 15 is 0 Å². The van der Waals surface area contributed by atoms with E-state index in [0.29, 0.717) is 11.3 Å². The number of hydrogen-bond donors (Lipinski definition) is 5. The average Bonchev–Trinajstić information content (AvgIpc) is 3.32. The molecule has 5 atom stereocenters. The lowest BCUT2D eigenvalue weighted by Crippen LogP contribution is -2.70. The van der Waals surface area contributed by atoms with Gasteiger partial charge in [0.25, 0.3) is 5.91 Å². The molecule has 0 bridgehead atoms. The fraction of sp³-hybridized carbons (Fsp3) is 0.350. The molecule has 2 saturated heterocycles. The maximum Gasteiger partial charge on any atom is 0.328 e. The molecule has 31 heavy (non-hydrogen) atoms. The van der Waals surface area contributed by atoms with Gasteiger partial charge in [0, 0.05) is 12.0 Å². The summed E-state index contributed by atoms with van der Waals surface area (Å²) in [4.78, 5) is 32.3. The number of amides is 3. The largest absolute Gasteiger partial charge is 0.445 e. The second-order valence-electron chi connectivity index (χ2n) is 7.99. The van der Waals surface area contributed by atoms with Crippen molar-refractivity contribution < 1.29 is 29.3 Å². The molecule has 0 radical (unpaired) electrons. The zero-order valence-corrected chi connectivity index (χ0v) is 16.1. The van der Waals surface area contributed by atoms with Crippen molar-refractivity contribution in [3.8, 4) is 5.75 Å². The smallest absolute Gasteiger partial charge is 0.328 e. The molecule has 11 nitrogen and oxygen atoms in total. The number of nitrogens with zero attached hydrogens (tertiary/aromatic N) is 2. The number of rotatable bonds is 2. The summed E-state index contributed by atoms with van der Waals surface area (Å²) in [6, 6.07) is 10.3. The van der Waals surface area contributed by atoms with Crippen molar-refractivity contribution in [2.24, 2.45) is 10.7 Å². The van der Waals surface area contributed by atoms with E-state index < -0.39 is 48.4 Å². The third-order valence-corrected chi connectivity index (χ3v) is 6.37. The van der Waals surface area contributed by atoms with Crippen LogP contribution in [0.5, 0.6) is 5.75 Å². The van der Waals surface area contributed by atoms with Crippen molar-refractivity contribution >= 4 is 28.7 Å². The van der Waals surface area contributed by atoms with Gasteiger partial charge in [-0.15, -0.1) is 0 Å². The summed E-state index contributed by atoms with van der Waals surface area (Å²) in [7, 11) is 0. The summed E-state index contributed by atoms with van der Waals surface area (Å²) in [5.41, 5.74) is 4.64. The Morgan fingerprint density at radius 3 is 2.84 bits per heavy atom. The topological polar surface area (TPSA) is 159 Å². The molecule has 11 heteroatoms. The van der Waals surface area contributed by atoms with Crippen molar-refractivity contribution in [1.82, 2.24) is 15.5 Å². The minimum Gasteiger partial charge on any atom is -0.445 e. The SMILES string of the molecule is NC1=NC23Oc4ccc5ccccc5c4C2(NC(=O)N3[C@H]2C[C@@H](O)[C@@H](CO)O2)C(=O)N1. The lowest BCUT2D eigenvalue weighted by Gasteiger charge is -2.41. The first kappa shape index (κ1) is 18.4. The quantitative estimate of drug-likeness (QED) is 0.414. The van der Waals surface area contributed by atoms with Gasteiger partial charge in [0.1, 0.15) is 18.1 Å². The van der Waals surface area contributed by atoms with Gasteiger partial charge in [-0.3, -0.25) is 10.1 Å². The summed E-state index contributed by atoms with van der Waals surface area (Å²) in [6.07, 6.45) is -2.88. The van der Waals surface area contributed by atoms with Crippen molar-refractivity contribution in [3.63, 3.8) is 0 Å². The highest BCUT2D eigenvalue weighted by Crippen LogP contribution is 2.57. The predicted molar refractivity (Wildman–Crippen MR) is 105 cm³/mol. The number of ether oxygens (including phenoxy) is 2. The number of aliphatic hydroxyl groups excluding tert-OH is 2. The van der Waals surface area contributed by atoms with Crippen LogP contribution in [-0.2, 0) is 15.1 Å². The second kappa shape index (κ2) is 5.84. The highest BCUT2D eigenvalue weighted by atomic mass is 16.6. The van der Waals surface area contributed by atoms with E-state index in [4.69, 9.17) is 15.2 Å². The van der Waals surface area contributed by atoms with Gasteiger partial charge in [0.15, 0.2) is 0 Å². The van der Waals surface area contributed by atoms with Gasteiger partial charge in [-0.2, -0.15) is 4.99 Å².